The minimum absolute atomic E-state index is 0.0524. The summed E-state index contributed by atoms with van der Waals surface area (Å²) in [6.07, 6.45) is 3.76. The van der Waals surface area contributed by atoms with Crippen molar-refractivity contribution in [1.82, 2.24) is 0 Å². The summed E-state index contributed by atoms with van der Waals surface area (Å²) in [4.78, 5) is 0. The van der Waals surface area contributed by atoms with Crippen LogP contribution in [0, 0.1) is 5.41 Å². The van der Waals surface area contributed by atoms with E-state index in [2.05, 4.69) is 13.8 Å². The van der Waals surface area contributed by atoms with Crippen LogP contribution in [0.4, 0.5) is 0 Å². The quantitative estimate of drug-likeness (QED) is 0.846. The average Bonchev–Trinajstić information content (AvgIpc) is 2.54. The van der Waals surface area contributed by atoms with E-state index in [1.165, 1.54) is 0 Å². The number of methoxy groups -OCH3 is 1. The molecule has 4 nitrogen and oxygen atoms in total. The molecule has 1 aliphatic rings. The molecule has 1 aromatic rings. The van der Waals surface area contributed by atoms with Gasteiger partial charge in [0.25, 0.3) is 0 Å². The zero-order chi connectivity index (χ0) is 16.2. The molecular weight excluding hydrogens is 280 g/mol. The van der Waals surface area contributed by atoms with Crippen LogP contribution in [0.15, 0.2) is 36.4 Å². The molecule has 0 amide bonds. The van der Waals surface area contributed by atoms with Crippen molar-refractivity contribution in [2.24, 2.45) is 5.41 Å². The van der Waals surface area contributed by atoms with E-state index in [1.807, 2.05) is 43.3 Å². The Morgan fingerprint density at radius 3 is 2.32 bits per heavy atom. The summed E-state index contributed by atoms with van der Waals surface area (Å²) in [5, 5.41) is 10.8. The van der Waals surface area contributed by atoms with E-state index in [4.69, 9.17) is 14.2 Å². The fraction of sp³-hybridized carbons (Fsp3) is 0.556. The van der Waals surface area contributed by atoms with Crippen LogP contribution in [0.1, 0.15) is 38.9 Å². The van der Waals surface area contributed by atoms with Crippen molar-refractivity contribution < 1.29 is 19.3 Å². The van der Waals surface area contributed by atoms with Crippen molar-refractivity contribution in [2.75, 3.05) is 20.3 Å². The number of aliphatic hydroxyl groups excluding tert-OH is 1. The van der Waals surface area contributed by atoms with Crippen molar-refractivity contribution in [2.45, 2.75) is 39.1 Å². The second kappa shape index (κ2) is 6.82. The van der Waals surface area contributed by atoms with Crippen LogP contribution in [0.3, 0.4) is 0 Å². The van der Waals surface area contributed by atoms with Gasteiger partial charge in [0.05, 0.1) is 20.3 Å². The van der Waals surface area contributed by atoms with Gasteiger partial charge >= 0.3 is 0 Å². The summed E-state index contributed by atoms with van der Waals surface area (Å²) in [5.41, 5.74) is 0.685. The fourth-order valence-corrected chi connectivity index (χ4v) is 2.35. The molecule has 1 heterocycles. The third-order valence-electron chi connectivity index (χ3n) is 3.78. The lowest BCUT2D eigenvalue weighted by Crippen LogP contribution is -2.50. The Kier molecular flexibility index (Phi) is 5.27. The average molecular weight is 306 g/mol. The van der Waals surface area contributed by atoms with Crippen molar-refractivity contribution in [3.8, 4) is 5.75 Å². The first kappa shape index (κ1) is 17.0. The molecule has 122 valence electrons. The summed E-state index contributed by atoms with van der Waals surface area (Å²) in [7, 11) is 1.62. The first-order valence-corrected chi connectivity index (χ1v) is 7.70. The van der Waals surface area contributed by atoms with Gasteiger partial charge in [-0.05, 0) is 30.2 Å². The minimum Gasteiger partial charge on any atom is -0.497 e. The van der Waals surface area contributed by atoms with E-state index in [0.717, 1.165) is 17.7 Å². The van der Waals surface area contributed by atoms with Gasteiger partial charge in [-0.3, -0.25) is 0 Å². The third-order valence-corrected chi connectivity index (χ3v) is 3.78. The van der Waals surface area contributed by atoms with Gasteiger partial charge in [0, 0.05) is 5.41 Å². The molecule has 0 bridgehead atoms. The van der Waals surface area contributed by atoms with Crippen molar-refractivity contribution in [1.29, 1.82) is 0 Å². The highest BCUT2D eigenvalue weighted by Gasteiger charge is 2.45. The lowest BCUT2D eigenvalue weighted by atomic mass is 9.92. The Morgan fingerprint density at radius 1 is 1.23 bits per heavy atom. The zero-order valence-electron chi connectivity index (χ0n) is 13.8. The second-order valence-electron chi connectivity index (χ2n) is 6.45. The van der Waals surface area contributed by atoms with Gasteiger partial charge in [-0.25, -0.2) is 0 Å². The predicted octanol–water partition coefficient (Wildman–Crippen LogP) is 3.46. The van der Waals surface area contributed by atoms with E-state index in [-0.39, 0.29) is 5.41 Å². The first-order valence-electron chi connectivity index (χ1n) is 7.70. The highest BCUT2D eigenvalue weighted by Crippen LogP contribution is 2.39. The number of ether oxygens (including phenoxy) is 3. The standard InChI is InChI=1S/C18H26O4/c1-5-6-11-18(21-12-17(2,3)13-22-18)16(19)14-7-9-15(20-4)10-8-14/h6-11,16,19H,5,12-13H2,1-4H3/b11-6+. The van der Waals surface area contributed by atoms with Crippen molar-refractivity contribution >= 4 is 0 Å². The molecule has 0 radical (unpaired) electrons. The number of rotatable bonds is 5. The molecule has 1 aromatic carbocycles. The number of allylic oxidation sites excluding steroid dienone is 1. The van der Waals surface area contributed by atoms with E-state index in [9.17, 15) is 5.11 Å². The Hall–Kier alpha value is -1.36. The molecule has 1 atom stereocenters. The van der Waals surface area contributed by atoms with Crippen LogP contribution in [-0.4, -0.2) is 31.2 Å². The lowest BCUT2D eigenvalue weighted by Gasteiger charge is -2.44. The summed E-state index contributed by atoms with van der Waals surface area (Å²) in [6.45, 7) is 7.28. The van der Waals surface area contributed by atoms with Crippen molar-refractivity contribution in [3.63, 3.8) is 0 Å². The number of aliphatic hydroxyl groups is 1. The van der Waals surface area contributed by atoms with Gasteiger partial charge in [0.2, 0.25) is 5.79 Å². The predicted molar refractivity (Wildman–Crippen MR) is 85.8 cm³/mol. The molecule has 0 aromatic heterocycles. The van der Waals surface area contributed by atoms with Gasteiger partial charge in [0.15, 0.2) is 0 Å². The van der Waals surface area contributed by atoms with E-state index < -0.39 is 11.9 Å². The maximum absolute atomic E-state index is 10.8. The number of hydrogen-bond acceptors (Lipinski definition) is 4. The van der Waals surface area contributed by atoms with Gasteiger partial charge in [0.1, 0.15) is 11.9 Å². The Balaban J connectivity index is 2.26. The van der Waals surface area contributed by atoms with Gasteiger partial charge < -0.3 is 19.3 Å². The highest BCUT2D eigenvalue weighted by atomic mass is 16.7. The van der Waals surface area contributed by atoms with Gasteiger partial charge in [-0.15, -0.1) is 0 Å². The molecule has 4 heteroatoms. The maximum Gasteiger partial charge on any atom is 0.219 e. The summed E-state index contributed by atoms with van der Waals surface area (Å²) < 4.78 is 17.1. The summed E-state index contributed by atoms with van der Waals surface area (Å²) in [5.74, 6) is -0.374. The van der Waals surface area contributed by atoms with Crippen LogP contribution in [0.25, 0.3) is 0 Å². The lowest BCUT2D eigenvalue weighted by molar-refractivity contribution is -0.309. The van der Waals surface area contributed by atoms with Crippen LogP contribution in [0.2, 0.25) is 0 Å². The van der Waals surface area contributed by atoms with Crippen LogP contribution >= 0.6 is 0 Å². The zero-order valence-corrected chi connectivity index (χ0v) is 13.8. The van der Waals surface area contributed by atoms with Gasteiger partial charge in [-0.2, -0.15) is 0 Å². The molecule has 0 aliphatic carbocycles. The Morgan fingerprint density at radius 2 is 1.82 bits per heavy atom. The summed E-state index contributed by atoms with van der Waals surface area (Å²) in [6, 6.07) is 7.31. The fourth-order valence-electron chi connectivity index (χ4n) is 2.35. The normalized spacial score (nSPS) is 21.7. The smallest absolute Gasteiger partial charge is 0.219 e. The maximum atomic E-state index is 10.8. The molecule has 22 heavy (non-hydrogen) atoms. The molecule has 1 aliphatic heterocycles. The monoisotopic (exact) mass is 306 g/mol. The summed E-state index contributed by atoms with van der Waals surface area (Å²) >= 11 is 0. The molecule has 0 saturated carbocycles. The van der Waals surface area contributed by atoms with Crippen LogP contribution < -0.4 is 4.74 Å². The molecule has 1 saturated heterocycles. The molecule has 0 spiro atoms. The highest BCUT2D eigenvalue weighted by molar-refractivity contribution is 5.30. The first-order chi connectivity index (χ1) is 10.4. The van der Waals surface area contributed by atoms with E-state index in [1.54, 1.807) is 7.11 Å². The van der Waals surface area contributed by atoms with Crippen LogP contribution in [-0.2, 0) is 9.47 Å². The van der Waals surface area contributed by atoms with E-state index in [0.29, 0.717) is 13.2 Å². The van der Waals surface area contributed by atoms with Gasteiger partial charge in [-0.1, -0.05) is 39.0 Å². The minimum atomic E-state index is -1.12. The molecule has 1 fully saturated rings. The molecule has 2 rings (SSSR count). The molecule has 1 unspecified atom stereocenters. The topological polar surface area (TPSA) is 47.9 Å². The van der Waals surface area contributed by atoms with Crippen LogP contribution in [0.5, 0.6) is 5.75 Å². The molecular formula is C18H26O4. The number of benzene rings is 1. The third kappa shape index (κ3) is 3.69. The van der Waals surface area contributed by atoms with Crippen molar-refractivity contribution in [3.05, 3.63) is 42.0 Å². The number of hydrogen-bond donors (Lipinski definition) is 1. The van der Waals surface area contributed by atoms with E-state index >= 15 is 0 Å². The largest absolute Gasteiger partial charge is 0.497 e. The Labute approximate surface area is 132 Å². The second-order valence-corrected chi connectivity index (χ2v) is 6.45. The molecule has 1 N–H and O–H groups in total. The SMILES string of the molecule is CC/C=C/C1(C(O)c2ccc(OC)cc2)OCC(C)(C)CO1. The Bertz CT molecular complexity index is 494.